The Morgan fingerprint density at radius 3 is 2.94 bits per heavy atom. The van der Waals surface area contributed by atoms with Crippen molar-refractivity contribution in [3.8, 4) is 0 Å². The van der Waals surface area contributed by atoms with Gasteiger partial charge in [-0.2, -0.15) is 0 Å². The molecule has 17 heavy (non-hydrogen) atoms. The van der Waals surface area contributed by atoms with Crippen LogP contribution in [0.15, 0.2) is 18.2 Å². The van der Waals surface area contributed by atoms with Gasteiger partial charge in [0.15, 0.2) is 0 Å². The zero-order valence-electron chi connectivity index (χ0n) is 10.5. The maximum absolute atomic E-state index is 6.32. The number of hydrogen-bond donors (Lipinski definition) is 1. The van der Waals surface area contributed by atoms with Gasteiger partial charge in [-0.25, -0.2) is 0 Å². The quantitative estimate of drug-likeness (QED) is 0.890. The number of hydrogen-bond acceptors (Lipinski definition) is 2. The number of halogens is 1. The summed E-state index contributed by atoms with van der Waals surface area (Å²) in [6, 6.07) is 6.18. The van der Waals surface area contributed by atoms with Gasteiger partial charge in [0, 0.05) is 19.6 Å². The predicted molar refractivity (Wildman–Crippen MR) is 74.6 cm³/mol. The van der Waals surface area contributed by atoms with Crippen molar-refractivity contribution in [2.45, 2.75) is 32.7 Å². The van der Waals surface area contributed by atoms with Crippen LogP contribution in [0.5, 0.6) is 0 Å². The van der Waals surface area contributed by atoms with E-state index < -0.39 is 0 Å². The van der Waals surface area contributed by atoms with Crippen LogP contribution in [-0.4, -0.2) is 13.1 Å². The Morgan fingerprint density at radius 2 is 2.29 bits per heavy atom. The highest BCUT2D eigenvalue weighted by Gasteiger charge is 2.23. The second kappa shape index (κ2) is 5.74. The molecule has 2 rings (SSSR count). The summed E-state index contributed by atoms with van der Waals surface area (Å²) in [7, 11) is 0. The van der Waals surface area contributed by atoms with Crippen molar-refractivity contribution >= 4 is 17.3 Å². The monoisotopic (exact) mass is 252 g/mol. The van der Waals surface area contributed by atoms with Gasteiger partial charge in [-0.3, -0.25) is 0 Å². The van der Waals surface area contributed by atoms with Gasteiger partial charge < -0.3 is 10.6 Å². The van der Waals surface area contributed by atoms with Crippen molar-refractivity contribution in [1.82, 2.24) is 0 Å². The Balaban J connectivity index is 2.08. The smallest absolute Gasteiger partial charge is 0.0642 e. The van der Waals surface area contributed by atoms with Gasteiger partial charge in [0.05, 0.1) is 10.7 Å². The first kappa shape index (κ1) is 12.7. The standard InChI is InChI=1S/C14H21ClN2/c1-2-3-11-6-7-17(10-11)14-5-4-12(9-16)8-13(14)15/h4-5,8,11H,2-3,6-7,9-10,16H2,1H3. The van der Waals surface area contributed by atoms with Crippen molar-refractivity contribution in [3.63, 3.8) is 0 Å². The van der Waals surface area contributed by atoms with Crippen LogP contribution in [0.1, 0.15) is 31.7 Å². The summed E-state index contributed by atoms with van der Waals surface area (Å²) in [4.78, 5) is 2.41. The molecule has 1 atom stereocenters. The topological polar surface area (TPSA) is 29.3 Å². The lowest BCUT2D eigenvalue weighted by atomic mass is 10.0. The van der Waals surface area contributed by atoms with Crippen LogP contribution < -0.4 is 10.6 Å². The lowest BCUT2D eigenvalue weighted by Crippen LogP contribution is -2.20. The van der Waals surface area contributed by atoms with Crippen LogP contribution in [0, 0.1) is 5.92 Å². The molecule has 1 aromatic rings. The molecule has 1 unspecified atom stereocenters. The third-order valence-corrected chi connectivity index (χ3v) is 3.87. The maximum Gasteiger partial charge on any atom is 0.0642 e. The Bertz CT molecular complexity index is 378. The van der Waals surface area contributed by atoms with E-state index in [4.69, 9.17) is 17.3 Å². The summed E-state index contributed by atoms with van der Waals surface area (Å²) >= 11 is 6.32. The van der Waals surface area contributed by atoms with E-state index in [1.54, 1.807) is 0 Å². The molecule has 3 heteroatoms. The van der Waals surface area contributed by atoms with Gasteiger partial charge in [0.2, 0.25) is 0 Å². The minimum Gasteiger partial charge on any atom is -0.370 e. The molecule has 0 bridgehead atoms. The molecule has 0 aromatic heterocycles. The summed E-state index contributed by atoms with van der Waals surface area (Å²) in [5.74, 6) is 0.838. The molecule has 2 N–H and O–H groups in total. The molecule has 2 nitrogen and oxygen atoms in total. The molecule has 1 aromatic carbocycles. The van der Waals surface area contributed by atoms with Crippen molar-refractivity contribution in [1.29, 1.82) is 0 Å². The van der Waals surface area contributed by atoms with Crippen LogP contribution in [-0.2, 0) is 6.54 Å². The summed E-state index contributed by atoms with van der Waals surface area (Å²) < 4.78 is 0. The predicted octanol–water partition coefficient (Wildman–Crippen LogP) is 3.43. The number of nitrogens with zero attached hydrogens (tertiary/aromatic N) is 1. The molecule has 1 aliphatic rings. The van der Waals surface area contributed by atoms with Crippen molar-refractivity contribution in [3.05, 3.63) is 28.8 Å². The zero-order chi connectivity index (χ0) is 12.3. The Labute approximate surface area is 109 Å². The second-order valence-corrected chi connectivity index (χ2v) is 5.29. The summed E-state index contributed by atoms with van der Waals surface area (Å²) in [5.41, 5.74) is 7.88. The maximum atomic E-state index is 6.32. The minimum atomic E-state index is 0.554. The van der Waals surface area contributed by atoms with Crippen molar-refractivity contribution in [2.24, 2.45) is 11.7 Å². The number of rotatable bonds is 4. The molecule has 0 radical (unpaired) electrons. The highest BCUT2D eigenvalue weighted by molar-refractivity contribution is 6.33. The first-order valence-corrected chi connectivity index (χ1v) is 6.85. The lowest BCUT2D eigenvalue weighted by molar-refractivity contribution is 0.530. The molecule has 1 fully saturated rings. The largest absolute Gasteiger partial charge is 0.370 e. The third kappa shape index (κ3) is 2.93. The van der Waals surface area contributed by atoms with Crippen LogP contribution in [0.4, 0.5) is 5.69 Å². The Kier molecular flexibility index (Phi) is 4.30. The van der Waals surface area contributed by atoms with E-state index in [9.17, 15) is 0 Å². The van der Waals surface area contributed by atoms with E-state index in [0.29, 0.717) is 6.54 Å². The normalized spacial score (nSPS) is 19.9. The fraction of sp³-hybridized carbons (Fsp3) is 0.571. The molecule has 0 amide bonds. The number of benzene rings is 1. The van der Waals surface area contributed by atoms with Crippen LogP contribution in [0.25, 0.3) is 0 Å². The first-order chi connectivity index (χ1) is 8.24. The molecule has 94 valence electrons. The van der Waals surface area contributed by atoms with E-state index in [2.05, 4.69) is 24.0 Å². The van der Waals surface area contributed by atoms with E-state index in [1.165, 1.54) is 24.9 Å². The minimum absolute atomic E-state index is 0.554. The van der Waals surface area contributed by atoms with E-state index in [-0.39, 0.29) is 0 Å². The average Bonchev–Trinajstić information content (AvgIpc) is 2.78. The van der Waals surface area contributed by atoms with Gasteiger partial charge in [-0.15, -0.1) is 0 Å². The molecular weight excluding hydrogens is 232 g/mol. The van der Waals surface area contributed by atoms with Crippen LogP contribution in [0.3, 0.4) is 0 Å². The molecular formula is C14H21ClN2. The average molecular weight is 253 g/mol. The SMILES string of the molecule is CCCC1CCN(c2ccc(CN)cc2Cl)C1. The van der Waals surface area contributed by atoms with Crippen molar-refractivity contribution in [2.75, 3.05) is 18.0 Å². The van der Waals surface area contributed by atoms with Gasteiger partial charge in [0.25, 0.3) is 0 Å². The summed E-state index contributed by atoms with van der Waals surface area (Å²) in [6.45, 7) is 5.09. The number of anilines is 1. The molecule has 1 aliphatic heterocycles. The van der Waals surface area contributed by atoms with Crippen molar-refractivity contribution < 1.29 is 0 Å². The zero-order valence-corrected chi connectivity index (χ0v) is 11.2. The first-order valence-electron chi connectivity index (χ1n) is 6.48. The Hall–Kier alpha value is -0.730. The van der Waals surface area contributed by atoms with Crippen LogP contribution in [0.2, 0.25) is 5.02 Å². The summed E-state index contributed by atoms with van der Waals surface area (Å²) in [6.07, 6.45) is 3.90. The molecule has 0 spiro atoms. The van der Waals surface area contributed by atoms with E-state index in [1.807, 2.05) is 6.07 Å². The number of nitrogens with two attached hydrogens (primary N) is 1. The molecule has 0 aliphatic carbocycles. The highest BCUT2D eigenvalue weighted by Crippen LogP contribution is 2.32. The second-order valence-electron chi connectivity index (χ2n) is 4.88. The van der Waals surface area contributed by atoms with Gasteiger partial charge in [-0.1, -0.05) is 31.0 Å². The van der Waals surface area contributed by atoms with Gasteiger partial charge in [-0.05, 0) is 36.5 Å². The fourth-order valence-electron chi connectivity index (χ4n) is 2.63. The molecule has 1 heterocycles. The van der Waals surface area contributed by atoms with Gasteiger partial charge in [0.1, 0.15) is 0 Å². The van der Waals surface area contributed by atoms with Gasteiger partial charge >= 0.3 is 0 Å². The third-order valence-electron chi connectivity index (χ3n) is 3.57. The van der Waals surface area contributed by atoms with Crippen LogP contribution >= 0.6 is 11.6 Å². The fourth-order valence-corrected chi connectivity index (χ4v) is 2.95. The Morgan fingerprint density at radius 1 is 1.47 bits per heavy atom. The highest BCUT2D eigenvalue weighted by atomic mass is 35.5. The van der Waals surface area contributed by atoms with E-state index in [0.717, 1.165) is 29.6 Å². The summed E-state index contributed by atoms with van der Waals surface area (Å²) in [5, 5.41) is 0.838. The lowest BCUT2D eigenvalue weighted by Gasteiger charge is -2.20. The molecule has 0 saturated carbocycles. The van der Waals surface area contributed by atoms with E-state index >= 15 is 0 Å². The molecule has 1 saturated heterocycles.